The Morgan fingerprint density at radius 2 is 0.911 bits per heavy atom. The molecule has 11 aromatic carbocycles. The number of rotatable bonds is 3. The molecule has 0 unspecified atom stereocenters. The summed E-state index contributed by atoms with van der Waals surface area (Å²) in [6, 6.07) is 66.0. The van der Waals surface area contributed by atoms with Crippen molar-refractivity contribution in [2.75, 3.05) is 0 Å². The van der Waals surface area contributed by atoms with Gasteiger partial charge in [-0.25, -0.2) is 0 Å². The quantitative estimate of drug-likeness (QED) is 0.170. The number of hydrogen-bond donors (Lipinski definition) is 0. The van der Waals surface area contributed by atoms with Gasteiger partial charge in [0.15, 0.2) is 0 Å². The number of hydrogen-bond acceptors (Lipinski definition) is 2. The molecule has 2 heteroatoms. The van der Waals surface area contributed by atoms with Gasteiger partial charge in [0, 0.05) is 27.3 Å². The monoisotopic (exact) mass is 710 g/mol. The van der Waals surface area contributed by atoms with Crippen molar-refractivity contribution in [3.05, 3.63) is 182 Å². The minimum absolute atomic E-state index is 0.872. The van der Waals surface area contributed by atoms with E-state index in [1.807, 2.05) is 0 Å². The van der Waals surface area contributed by atoms with Crippen LogP contribution in [0.1, 0.15) is 0 Å². The van der Waals surface area contributed by atoms with Crippen LogP contribution < -0.4 is 4.74 Å². The summed E-state index contributed by atoms with van der Waals surface area (Å²) in [4.78, 5) is 0. The lowest BCUT2D eigenvalue weighted by atomic mass is 9.86. The fourth-order valence-corrected chi connectivity index (χ4v) is 9.65. The summed E-state index contributed by atoms with van der Waals surface area (Å²) in [7, 11) is 0. The topological polar surface area (TPSA) is 22.4 Å². The molecule has 0 N–H and O–H groups in total. The standard InChI is InChI=1S/C54H30O2/c1-2-8-31(9-3-1)37-20-26-47-45(28-37)41-15-7-14-40-39(25-27-48(55-47)52(40)41)44-24-23-43(53-46-29-35-10-4-5-11-36(35)30-49(46)56-54(44)53)38-21-18-34-17-16-32-12-6-13-33-19-22-42(38)51(34)50(32)33/h1-30H. The van der Waals surface area contributed by atoms with E-state index in [2.05, 4.69) is 182 Å². The molecule has 1 aromatic heterocycles. The normalized spacial score (nSPS) is 12.4. The summed E-state index contributed by atoms with van der Waals surface area (Å²) in [5.74, 6) is 1.75. The average molecular weight is 711 g/mol. The van der Waals surface area contributed by atoms with Crippen LogP contribution in [-0.4, -0.2) is 0 Å². The number of fused-ring (bicyclic) bond motifs is 6. The van der Waals surface area contributed by atoms with Crippen molar-refractivity contribution in [2.24, 2.45) is 0 Å². The van der Waals surface area contributed by atoms with Crippen LogP contribution in [0.5, 0.6) is 11.5 Å². The first-order valence-corrected chi connectivity index (χ1v) is 19.2. The largest absolute Gasteiger partial charge is 0.456 e. The van der Waals surface area contributed by atoms with Crippen molar-refractivity contribution >= 4 is 75.8 Å². The van der Waals surface area contributed by atoms with E-state index in [4.69, 9.17) is 9.15 Å². The van der Waals surface area contributed by atoms with E-state index in [-0.39, 0.29) is 0 Å². The molecule has 1 aliphatic rings. The van der Waals surface area contributed by atoms with E-state index in [0.717, 1.165) is 66.3 Å². The summed E-state index contributed by atoms with van der Waals surface area (Å²) < 4.78 is 13.7. The third-order valence-corrected chi connectivity index (χ3v) is 12.2. The lowest BCUT2D eigenvalue weighted by molar-refractivity contribution is 0.487. The molecule has 13 rings (SSSR count). The SMILES string of the molecule is c1ccc(-c2ccc3c(c2)-c2cccc4c(-c5ccc(-c6ccc7ccc8cccc9ccc6c7c89)c6c5oc5cc7ccccc7cc56)ccc(c24)O3)cc1. The van der Waals surface area contributed by atoms with E-state index < -0.39 is 0 Å². The minimum Gasteiger partial charge on any atom is -0.456 e. The molecule has 0 atom stereocenters. The molecule has 258 valence electrons. The Morgan fingerprint density at radius 3 is 1.79 bits per heavy atom. The minimum atomic E-state index is 0.872. The summed E-state index contributed by atoms with van der Waals surface area (Å²) in [5, 5.41) is 14.5. The Balaban J connectivity index is 1.09. The van der Waals surface area contributed by atoms with Crippen molar-refractivity contribution in [2.45, 2.75) is 0 Å². The van der Waals surface area contributed by atoms with Gasteiger partial charge in [-0.1, -0.05) is 140 Å². The van der Waals surface area contributed by atoms with E-state index >= 15 is 0 Å². The average Bonchev–Trinajstić information content (AvgIpc) is 3.63. The van der Waals surface area contributed by atoms with Crippen molar-refractivity contribution in [3.8, 4) is 56.0 Å². The predicted molar refractivity (Wildman–Crippen MR) is 234 cm³/mol. The van der Waals surface area contributed by atoms with Crippen molar-refractivity contribution in [1.82, 2.24) is 0 Å². The van der Waals surface area contributed by atoms with Crippen molar-refractivity contribution in [1.29, 1.82) is 0 Å². The maximum atomic E-state index is 7.07. The summed E-state index contributed by atoms with van der Waals surface area (Å²) in [5.41, 5.74) is 11.0. The van der Waals surface area contributed by atoms with Crippen molar-refractivity contribution in [3.63, 3.8) is 0 Å². The zero-order valence-corrected chi connectivity index (χ0v) is 30.1. The molecule has 0 saturated heterocycles. The highest BCUT2D eigenvalue weighted by Crippen LogP contribution is 2.52. The zero-order valence-electron chi connectivity index (χ0n) is 30.1. The van der Waals surface area contributed by atoms with Gasteiger partial charge in [-0.15, -0.1) is 0 Å². The van der Waals surface area contributed by atoms with Gasteiger partial charge in [0.25, 0.3) is 0 Å². The fourth-order valence-electron chi connectivity index (χ4n) is 9.65. The summed E-state index contributed by atoms with van der Waals surface area (Å²) >= 11 is 0. The molecule has 0 fully saturated rings. The molecular formula is C54H30O2. The molecule has 1 aliphatic heterocycles. The highest BCUT2D eigenvalue weighted by Gasteiger charge is 2.25. The van der Waals surface area contributed by atoms with Crippen LogP contribution in [-0.2, 0) is 0 Å². The van der Waals surface area contributed by atoms with Crippen LogP contribution in [0.2, 0.25) is 0 Å². The van der Waals surface area contributed by atoms with Gasteiger partial charge in [-0.05, 0) is 124 Å². The Labute approximate surface area is 321 Å². The molecule has 0 radical (unpaired) electrons. The third kappa shape index (κ3) is 4.10. The molecule has 56 heavy (non-hydrogen) atoms. The van der Waals surface area contributed by atoms with Crippen molar-refractivity contribution < 1.29 is 9.15 Å². The van der Waals surface area contributed by atoms with Gasteiger partial charge >= 0.3 is 0 Å². The molecule has 12 aromatic rings. The lowest BCUT2D eigenvalue weighted by Crippen LogP contribution is -1.98. The highest BCUT2D eigenvalue weighted by molar-refractivity contribution is 6.28. The fraction of sp³-hybridized carbons (Fsp3) is 0. The van der Waals surface area contributed by atoms with Gasteiger partial charge in [-0.3, -0.25) is 0 Å². The predicted octanol–water partition coefficient (Wildman–Crippen LogP) is 15.6. The smallest absolute Gasteiger partial charge is 0.143 e. The maximum absolute atomic E-state index is 7.07. The first kappa shape index (κ1) is 30.0. The van der Waals surface area contributed by atoms with Crippen LogP contribution in [0.25, 0.3) is 120 Å². The molecule has 0 amide bonds. The van der Waals surface area contributed by atoms with E-state index in [1.165, 1.54) is 65.5 Å². The van der Waals surface area contributed by atoms with Gasteiger partial charge in [0.1, 0.15) is 22.7 Å². The molecule has 2 nitrogen and oxygen atoms in total. The molecule has 0 bridgehead atoms. The second kappa shape index (κ2) is 11.1. The van der Waals surface area contributed by atoms with Crippen LogP contribution in [0, 0.1) is 0 Å². The summed E-state index contributed by atoms with van der Waals surface area (Å²) in [6.07, 6.45) is 0. The zero-order chi connectivity index (χ0) is 36.5. The molecular weight excluding hydrogens is 681 g/mol. The third-order valence-electron chi connectivity index (χ3n) is 12.2. The number of benzene rings is 11. The van der Waals surface area contributed by atoms with Crippen LogP contribution in [0.15, 0.2) is 186 Å². The molecule has 0 saturated carbocycles. The Hall–Kier alpha value is -7.42. The first-order valence-electron chi connectivity index (χ1n) is 19.2. The van der Waals surface area contributed by atoms with Gasteiger partial charge in [-0.2, -0.15) is 0 Å². The maximum Gasteiger partial charge on any atom is 0.143 e. The second-order valence-corrected chi connectivity index (χ2v) is 15.1. The highest BCUT2D eigenvalue weighted by atomic mass is 16.5. The number of ether oxygens (including phenoxy) is 1. The summed E-state index contributed by atoms with van der Waals surface area (Å²) in [6.45, 7) is 0. The lowest BCUT2D eigenvalue weighted by Gasteiger charge is -2.23. The number of furan rings is 1. The van der Waals surface area contributed by atoms with Gasteiger partial charge in [0.2, 0.25) is 0 Å². The van der Waals surface area contributed by atoms with Crippen LogP contribution in [0.3, 0.4) is 0 Å². The Morgan fingerprint density at radius 1 is 0.286 bits per heavy atom. The Bertz CT molecular complexity index is 3590. The van der Waals surface area contributed by atoms with Crippen LogP contribution >= 0.6 is 0 Å². The molecule has 0 spiro atoms. The molecule has 0 aliphatic carbocycles. The second-order valence-electron chi connectivity index (χ2n) is 15.1. The van der Waals surface area contributed by atoms with Gasteiger partial charge < -0.3 is 9.15 Å². The van der Waals surface area contributed by atoms with E-state index in [0.29, 0.717) is 0 Å². The van der Waals surface area contributed by atoms with Crippen LogP contribution in [0.4, 0.5) is 0 Å². The van der Waals surface area contributed by atoms with E-state index in [9.17, 15) is 0 Å². The first-order chi connectivity index (χ1) is 27.7. The molecule has 2 heterocycles. The van der Waals surface area contributed by atoms with E-state index in [1.54, 1.807) is 0 Å². The van der Waals surface area contributed by atoms with Gasteiger partial charge in [0.05, 0.1) is 0 Å². The Kier molecular flexibility index (Phi) is 5.92.